The molecule has 1 saturated carbocycles. The second-order valence-electron chi connectivity index (χ2n) is 6.79. The fourth-order valence-corrected chi connectivity index (χ4v) is 3.71. The summed E-state index contributed by atoms with van der Waals surface area (Å²) >= 11 is 5.96. The van der Waals surface area contributed by atoms with Crippen molar-refractivity contribution in [3.63, 3.8) is 0 Å². The number of rotatable bonds is 3. The molecule has 0 bridgehead atoms. The quantitative estimate of drug-likeness (QED) is 0.555. The van der Waals surface area contributed by atoms with E-state index in [9.17, 15) is 14.0 Å². The van der Waals surface area contributed by atoms with Gasteiger partial charge in [0.25, 0.3) is 5.56 Å². The SMILES string of the molecule is O=c1[nH]cc(-c2cc([C@H]3C[C@@H]3c3ccc(Cl)cc3)c3ncc(F)n3n2)c(=O)[nH]1. The number of nitrogens with zero attached hydrogens (tertiary/aromatic N) is 3. The van der Waals surface area contributed by atoms with Crippen LogP contribution < -0.4 is 11.2 Å². The maximum atomic E-state index is 14.2. The number of nitrogens with one attached hydrogen (secondary N) is 2. The zero-order chi connectivity index (χ0) is 19.4. The van der Waals surface area contributed by atoms with Crippen LogP contribution in [0.1, 0.15) is 29.4 Å². The molecule has 1 aliphatic carbocycles. The molecule has 1 fully saturated rings. The fraction of sp³-hybridized carbons (Fsp3) is 0.158. The summed E-state index contributed by atoms with van der Waals surface area (Å²) in [5.74, 6) is -0.248. The van der Waals surface area contributed by atoms with Crippen molar-refractivity contribution < 1.29 is 4.39 Å². The summed E-state index contributed by atoms with van der Waals surface area (Å²) in [6.07, 6.45) is 3.25. The third-order valence-electron chi connectivity index (χ3n) is 5.04. The first-order chi connectivity index (χ1) is 13.5. The average Bonchev–Trinajstić information content (AvgIpc) is 3.38. The first-order valence-corrected chi connectivity index (χ1v) is 9.01. The number of H-pyrrole nitrogens is 2. The Balaban J connectivity index is 1.64. The molecule has 0 aliphatic heterocycles. The summed E-state index contributed by atoms with van der Waals surface area (Å²) in [7, 11) is 0. The number of aromatic amines is 2. The van der Waals surface area contributed by atoms with Gasteiger partial charge in [-0.15, -0.1) is 0 Å². The van der Waals surface area contributed by atoms with E-state index in [4.69, 9.17) is 11.6 Å². The van der Waals surface area contributed by atoms with E-state index in [0.29, 0.717) is 10.7 Å². The molecular weight excluding hydrogens is 385 g/mol. The van der Waals surface area contributed by atoms with Crippen LogP contribution in [0.5, 0.6) is 0 Å². The Labute approximate surface area is 161 Å². The van der Waals surface area contributed by atoms with Crippen molar-refractivity contribution in [1.82, 2.24) is 24.6 Å². The highest BCUT2D eigenvalue weighted by molar-refractivity contribution is 6.30. The van der Waals surface area contributed by atoms with E-state index in [2.05, 4.69) is 20.1 Å². The number of imidazole rings is 1. The number of benzene rings is 1. The third kappa shape index (κ3) is 2.73. The maximum Gasteiger partial charge on any atom is 0.325 e. The van der Waals surface area contributed by atoms with Gasteiger partial charge in [0.15, 0.2) is 5.65 Å². The predicted molar refractivity (Wildman–Crippen MR) is 101 cm³/mol. The van der Waals surface area contributed by atoms with Gasteiger partial charge < -0.3 is 4.98 Å². The predicted octanol–water partition coefficient (Wildman–Crippen LogP) is 2.84. The molecule has 0 spiro atoms. The molecule has 140 valence electrons. The second kappa shape index (κ2) is 6.13. The molecule has 3 aromatic heterocycles. The van der Waals surface area contributed by atoms with Crippen molar-refractivity contribution in [1.29, 1.82) is 0 Å². The molecule has 3 heterocycles. The number of fused-ring (bicyclic) bond motifs is 1. The van der Waals surface area contributed by atoms with Crippen LogP contribution in [-0.4, -0.2) is 24.6 Å². The summed E-state index contributed by atoms with van der Waals surface area (Å²) in [6.45, 7) is 0. The smallest absolute Gasteiger partial charge is 0.313 e. The second-order valence-corrected chi connectivity index (χ2v) is 7.22. The Kier molecular flexibility index (Phi) is 3.70. The van der Waals surface area contributed by atoms with Crippen LogP contribution in [-0.2, 0) is 0 Å². The highest BCUT2D eigenvalue weighted by atomic mass is 35.5. The Morgan fingerprint density at radius 1 is 1.18 bits per heavy atom. The highest BCUT2D eigenvalue weighted by Crippen LogP contribution is 2.55. The van der Waals surface area contributed by atoms with Gasteiger partial charge >= 0.3 is 5.69 Å². The molecule has 0 saturated heterocycles. The van der Waals surface area contributed by atoms with Crippen molar-refractivity contribution in [2.75, 3.05) is 0 Å². The van der Waals surface area contributed by atoms with E-state index < -0.39 is 17.2 Å². The minimum absolute atomic E-state index is 0.120. The van der Waals surface area contributed by atoms with E-state index in [1.807, 2.05) is 24.3 Å². The first-order valence-electron chi connectivity index (χ1n) is 8.63. The van der Waals surface area contributed by atoms with Gasteiger partial charge in [0, 0.05) is 16.8 Å². The van der Waals surface area contributed by atoms with Gasteiger partial charge in [0.1, 0.15) is 0 Å². The summed E-state index contributed by atoms with van der Waals surface area (Å²) < 4.78 is 15.3. The molecule has 0 unspecified atom stereocenters. The lowest BCUT2D eigenvalue weighted by Crippen LogP contribution is -2.23. The fourth-order valence-electron chi connectivity index (χ4n) is 3.59. The molecular formula is C19H13ClFN5O2. The molecule has 0 amide bonds. The third-order valence-corrected chi connectivity index (χ3v) is 5.29. The van der Waals surface area contributed by atoms with Gasteiger partial charge in [-0.3, -0.25) is 9.78 Å². The van der Waals surface area contributed by atoms with Crippen molar-refractivity contribution in [2.45, 2.75) is 18.3 Å². The van der Waals surface area contributed by atoms with E-state index in [1.165, 1.54) is 6.20 Å². The van der Waals surface area contributed by atoms with Crippen molar-refractivity contribution in [3.05, 3.63) is 85.7 Å². The van der Waals surface area contributed by atoms with Gasteiger partial charge in [-0.2, -0.15) is 14.0 Å². The zero-order valence-corrected chi connectivity index (χ0v) is 15.1. The van der Waals surface area contributed by atoms with Crippen LogP contribution in [0.4, 0.5) is 4.39 Å². The number of hydrogen-bond acceptors (Lipinski definition) is 4. The summed E-state index contributed by atoms with van der Waals surface area (Å²) in [6, 6.07) is 9.38. The molecule has 28 heavy (non-hydrogen) atoms. The topological polar surface area (TPSA) is 95.9 Å². The van der Waals surface area contributed by atoms with Crippen LogP contribution in [0.25, 0.3) is 16.9 Å². The molecule has 4 aromatic rings. The molecule has 7 nitrogen and oxygen atoms in total. The van der Waals surface area contributed by atoms with E-state index in [0.717, 1.165) is 28.3 Å². The average molecular weight is 398 g/mol. The minimum Gasteiger partial charge on any atom is -0.313 e. The maximum absolute atomic E-state index is 14.2. The van der Waals surface area contributed by atoms with Crippen LogP contribution in [0.15, 0.2) is 52.3 Å². The lowest BCUT2D eigenvalue weighted by molar-refractivity contribution is 0.549. The highest BCUT2D eigenvalue weighted by Gasteiger charge is 2.41. The van der Waals surface area contributed by atoms with Gasteiger partial charge in [-0.1, -0.05) is 23.7 Å². The van der Waals surface area contributed by atoms with E-state index in [-0.39, 0.29) is 23.1 Å². The van der Waals surface area contributed by atoms with Gasteiger partial charge in [-0.05, 0) is 42.0 Å². The lowest BCUT2D eigenvalue weighted by Gasteiger charge is -2.07. The Morgan fingerprint density at radius 3 is 2.71 bits per heavy atom. The number of hydrogen-bond donors (Lipinski definition) is 2. The van der Waals surface area contributed by atoms with Crippen LogP contribution in [0, 0.1) is 5.95 Å². The van der Waals surface area contributed by atoms with Crippen molar-refractivity contribution in [2.24, 2.45) is 0 Å². The van der Waals surface area contributed by atoms with Crippen molar-refractivity contribution >= 4 is 17.2 Å². The van der Waals surface area contributed by atoms with Gasteiger partial charge in [-0.25, -0.2) is 9.78 Å². The van der Waals surface area contributed by atoms with E-state index >= 15 is 0 Å². The van der Waals surface area contributed by atoms with Gasteiger partial charge in [0.2, 0.25) is 5.95 Å². The minimum atomic E-state index is -0.623. The number of aromatic nitrogens is 5. The molecule has 0 radical (unpaired) electrons. The summed E-state index contributed by atoms with van der Waals surface area (Å²) in [5, 5.41) is 4.86. The molecule has 9 heteroatoms. The first kappa shape index (κ1) is 16.9. The molecule has 2 N–H and O–H groups in total. The summed E-state index contributed by atoms with van der Waals surface area (Å²) in [5.41, 5.74) is 1.57. The molecule has 1 aliphatic rings. The summed E-state index contributed by atoms with van der Waals surface area (Å²) in [4.78, 5) is 32.2. The number of halogens is 2. The largest absolute Gasteiger partial charge is 0.325 e. The van der Waals surface area contributed by atoms with Gasteiger partial charge in [0.05, 0.1) is 17.5 Å². The molecule has 1 aromatic carbocycles. The lowest BCUT2D eigenvalue weighted by atomic mass is 10.0. The van der Waals surface area contributed by atoms with Crippen molar-refractivity contribution in [3.8, 4) is 11.3 Å². The van der Waals surface area contributed by atoms with E-state index in [1.54, 1.807) is 6.07 Å². The molecule has 5 rings (SSSR count). The van der Waals surface area contributed by atoms with Crippen LogP contribution in [0.3, 0.4) is 0 Å². The zero-order valence-electron chi connectivity index (χ0n) is 14.3. The van der Waals surface area contributed by atoms with Crippen LogP contribution >= 0.6 is 11.6 Å². The monoisotopic (exact) mass is 397 g/mol. The molecule has 2 atom stereocenters. The normalized spacial score (nSPS) is 18.5. The Bertz CT molecular complexity index is 1320. The van der Waals surface area contributed by atoms with Crippen LogP contribution in [0.2, 0.25) is 5.02 Å². The Morgan fingerprint density at radius 2 is 1.96 bits per heavy atom. The Hall–Kier alpha value is -3.26. The standard InChI is InChI=1S/C19H13ClFN5O2/c20-10-3-1-9(2-4-10)11-5-12(11)13-6-15(14-7-23-19(28)24-18(14)27)25-26-16(21)8-22-17(13)26/h1-4,6-8,11-12H,5H2,(H2,23,24,27,28)/t11-,12+/m1/s1.